The summed E-state index contributed by atoms with van der Waals surface area (Å²) in [4.78, 5) is 19.4. The van der Waals surface area contributed by atoms with E-state index in [1.54, 1.807) is 30.7 Å². The summed E-state index contributed by atoms with van der Waals surface area (Å²) in [5.74, 6) is 0.138. The van der Waals surface area contributed by atoms with Gasteiger partial charge in [0.05, 0.1) is 35.5 Å². The number of benzene rings is 1. The fourth-order valence-electron chi connectivity index (χ4n) is 3.38. The Kier molecular flexibility index (Phi) is 7.54. The second-order valence-electron chi connectivity index (χ2n) is 6.78. The smallest absolute Gasteiger partial charge is 0.255 e. The number of nitrogens with one attached hydrogen (secondary N) is 2. The minimum Gasteiger partial charge on any atom is -0.496 e. The fraction of sp³-hybridized carbons (Fsp3) is 0.474. The van der Waals surface area contributed by atoms with E-state index in [9.17, 15) is 4.79 Å². The number of nitrogens with two attached hydrogens (primary N) is 1. The van der Waals surface area contributed by atoms with Crippen LogP contribution in [-0.2, 0) is 4.74 Å². The van der Waals surface area contributed by atoms with Gasteiger partial charge in [0.25, 0.3) is 5.91 Å². The van der Waals surface area contributed by atoms with Crippen LogP contribution in [-0.4, -0.2) is 68.3 Å². The zero-order chi connectivity index (χ0) is 20.8. The van der Waals surface area contributed by atoms with Crippen LogP contribution >= 0.6 is 22.9 Å². The number of hydrogen-bond acceptors (Lipinski definition) is 8. The Morgan fingerprint density at radius 3 is 2.97 bits per heavy atom. The Bertz CT molecular complexity index is 820. The van der Waals surface area contributed by atoms with E-state index in [-0.39, 0.29) is 18.1 Å². The van der Waals surface area contributed by atoms with Crippen LogP contribution in [0.15, 0.2) is 23.7 Å². The van der Waals surface area contributed by atoms with E-state index in [0.29, 0.717) is 22.0 Å². The normalized spacial score (nSPS) is 19.7. The van der Waals surface area contributed by atoms with Crippen molar-refractivity contribution in [3.05, 3.63) is 34.3 Å². The monoisotopic (exact) mass is 439 g/mol. The average Bonchev–Trinajstić information content (AvgIpc) is 3.24. The summed E-state index contributed by atoms with van der Waals surface area (Å²) < 4.78 is 10.9. The van der Waals surface area contributed by atoms with Gasteiger partial charge in [0.2, 0.25) is 0 Å². The van der Waals surface area contributed by atoms with Crippen molar-refractivity contribution in [1.82, 2.24) is 15.2 Å². The number of ether oxygens (including phenoxy) is 2. The molecule has 1 fully saturated rings. The van der Waals surface area contributed by atoms with Crippen LogP contribution < -0.4 is 21.1 Å². The number of carbonyl (C=O) groups is 1. The number of thiazole rings is 1. The van der Waals surface area contributed by atoms with E-state index in [1.807, 2.05) is 5.38 Å². The van der Waals surface area contributed by atoms with E-state index >= 15 is 0 Å². The molecule has 0 spiro atoms. The number of aromatic nitrogens is 1. The number of likely N-dealkylation sites (tertiary alicyclic amines) is 1. The lowest BCUT2D eigenvalue weighted by molar-refractivity contribution is 0.00763. The van der Waals surface area contributed by atoms with Crippen molar-refractivity contribution in [2.45, 2.75) is 18.6 Å². The van der Waals surface area contributed by atoms with Crippen LogP contribution in [0.5, 0.6) is 5.75 Å². The van der Waals surface area contributed by atoms with Crippen LogP contribution in [0, 0.1) is 0 Å². The summed E-state index contributed by atoms with van der Waals surface area (Å²) in [6.45, 7) is 3.29. The number of halogens is 1. The number of hydrogen-bond donors (Lipinski definition) is 3. The number of amides is 1. The molecule has 1 aliphatic rings. The van der Waals surface area contributed by atoms with Crippen LogP contribution in [0.4, 0.5) is 10.8 Å². The van der Waals surface area contributed by atoms with Crippen LogP contribution in [0.3, 0.4) is 0 Å². The number of rotatable bonds is 8. The zero-order valence-electron chi connectivity index (χ0n) is 16.5. The fourth-order valence-corrected chi connectivity index (χ4v) is 4.10. The third-order valence-electron chi connectivity index (χ3n) is 4.96. The molecule has 1 saturated heterocycles. The Hall–Kier alpha value is -2.07. The van der Waals surface area contributed by atoms with Gasteiger partial charge in [-0.15, -0.1) is 11.3 Å². The molecule has 1 amide bonds. The van der Waals surface area contributed by atoms with Crippen LogP contribution in [0.25, 0.3) is 0 Å². The van der Waals surface area contributed by atoms with E-state index < -0.39 is 0 Å². The highest BCUT2D eigenvalue weighted by Crippen LogP contribution is 2.29. The molecule has 1 aromatic carbocycles. The maximum atomic E-state index is 12.8. The number of methoxy groups -OCH3 is 2. The molecule has 10 heteroatoms. The second-order valence-corrected chi connectivity index (χ2v) is 8.08. The Morgan fingerprint density at radius 2 is 2.28 bits per heavy atom. The molecule has 4 N–H and O–H groups in total. The summed E-state index contributed by atoms with van der Waals surface area (Å²) in [5.41, 5.74) is 6.53. The highest BCUT2D eigenvalue weighted by Gasteiger charge is 2.31. The molecule has 8 nitrogen and oxygen atoms in total. The van der Waals surface area contributed by atoms with Gasteiger partial charge in [0.1, 0.15) is 5.75 Å². The van der Waals surface area contributed by atoms with Gasteiger partial charge in [-0.2, -0.15) is 0 Å². The second kappa shape index (κ2) is 10.1. The molecular formula is C19H26ClN5O3S. The van der Waals surface area contributed by atoms with E-state index in [2.05, 4.69) is 20.5 Å². The lowest BCUT2D eigenvalue weighted by Gasteiger charge is -2.38. The van der Waals surface area contributed by atoms with Crippen molar-refractivity contribution in [1.29, 1.82) is 0 Å². The molecule has 0 radical (unpaired) electrons. The van der Waals surface area contributed by atoms with Gasteiger partial charge in [-0.3, -0.25) is 9.69 Å². The number of nitrogens with zero attached hydrogens (tertiary/aromatic N) is 2. The summed E-state index contributed by atoms with van der Waals surface area (Å²) in [6, 6.07) is 2.99. The molecular weight excluding hydrogens is 414 g/mol. The van der Waals surface area contributed by atoms with Gasteiger partial charge in [0, 0.05) is 50.9 Å². The van der Waals surface area contributed by atoms with Crippen LogP contribution in [0.1, 0.15) is 16.8 Å². The van der Waals surface area contributed by atoms with E-state index in [4.69, 9.17) is 26.8 Å². The summed E-state index contributed by atoms with van der Waals surface area (Å²) in [7, 11) is 3.16. The first-order valence-electron chi connectivity index (χ1n) is 9.34. The largest absolute Gasteiger partial charge is 0.496 e. The maximum absolute atomic E-state index is 12.8. The molecule has 2 heterocycles. The molecule has 3 rings (SSSR count). The standard InChI is InChI=1S/C19H26ClN5O3S/c1-27-16-10-14(21)13(20)9-12(16)18(26)24-15-3-6-25(11-17(15)28-2)7-4-22-19-23-5-8-29-19/h5,8-10,15,17H,3-4,6-7,11,21H2,1-2H3,(H,22,23)(H,24,26). The third-order valence-corrected chi connectivity index (χ3v) is 6.02. The number of piperidine rings is 1. The average molecular weight is 440 g/mol. The molecule has 1 aliphatic heterocycles. The molecule has 2 aromatic rings. The molecule has 158 valence electrons. The molecule has 2 atom stereocenters. The Labute approximate surface area is 179 Å². The van der Waals surface area contributed by atoms with Gasteiger partial charge in [0.15, 0.2) is 5.13 Å². The van der Waals surface area contributed by atoms with Crippen molar-refractivity contribution in [2.75, 3.05) is 51.4 Å². The molecule has 0 aliphatic carbocycles. The summed E-state index contributed by atoms with van der Waals surface area (Å²) >= 11 is 7.67. The Morgan fingerprint density at radius 1 is 1.45 bits per heavy atom. The third kappa shape index (κ3) is 5.51. The minimum atomic E-state index is -0.255. The first-order chi connectivity index (χ1) is 14.0. The van der Waals surface area contributed by atoms with Crippen molar-refractivity contribution in [3.63, 3.8) is 0 Å². The molecule has 0 bridgehead atoms. The lowest BCUT2D eigenvalue weighted by Crippen LogP contribution is -2.55. The molecule has 29 heavy (non-hydrogen) atoms. The molecule has 2 unspecified atom stereocenters. The Balaban J connectivity index is 1.56. The topological polar surface area (TPSA) is 102 Å². The minimum absolute atomic E-state index is 0.100. The first-order valence-corrected chi connectivity index (χ1v) is 10.6. The number of carbonyl (C=O) groups excluding carboxylic acids is 1. The van der Waals surface area contributed by atoms with Crippen molar-refractivity contribution >= 4 is 39.7 Å². The molecule has 0 saturated carbocycles. The predicted octanol–water partition coefficient (Wildman–Crippen LogP) is 2.32. The van der Waals surface area contributed by atoms with Crippen molar-refractivity contribution in [3.8, 4) is 5.75 Å². The summed E-state index contributed by atoms with van der Waals surface area (Å²) in [6.07, 6.45) is 2.46. The highest BCUT2D eigenvalue weighted by atomic mass is 35.5. The summed E-state index contributed by atoms with van der Waals surface area (Å²) in [5, 5.41) is 9.56. The maximum Gasteiger partial charge on any atom is 0.255 e. The zero-order valence-corrected chi connectivity index (χ0v) is 18.1. The van der Waals surface area contributed by atoms with Gasteiger partial charge in [-0.1, -0.05) is 11.6 Å². The van der Waals surface area contributed by atoms with E-state index in [0.717, 1.165) is 37.7 Å². The number of nitrogen functional groups attached to an aromatic ring is 1. The predicted molar refractivity (Wildman–Crippen MR) is 116 cm³/mol. The molecule has 1 aromatic heterocycles. The SMILES string of the molecule is COc1cc(N)c(Cl)cc1C(=O)NC1CCN(CCNc2nccs2)CC1OC. The van der Waals surface area contributed by atoms with Crippen molar-refractivity contribution < 1.29 is 14.3 Å². The first kappa shape index (κ1) is 21.6. The van der Waals surface area contributed by atoms with Gasteiger partial charge >= 0.3 is 0 Å². The van der Waals surface area contributed by atoms with E-state index in [1.165, 1.54) is 13.2 Å². The highest BCUT2D eigenvalue weighted by molar-refractivity contribution is 7.13. The number of anilines is 2. The quantitative estimate of drug-likeness (QED) is 0.542. The van der Waals surface area contributed by atoms with Gasteiger partial charge < -0.3 is 25.8 Å². The van der Waals surface area contributed by atoms with Crippen molar-refractivity contribution in [2.24, 2.45) is 0 Å². The lowest BCUT2D eigenvalue weighted by atomic mass is 10.0. The van der Waals surface area contributed by atoms with Gasteiger partial charge in [-0.25, -0.2) is 4.98 Å². The van der Waals surface area contributed by atoms with Gasteiger partial charge in [-0.05, 0) is 12.5 Å². The van der Waals surface area contributed by atoms with Crippen LogP contribution in [0.2, 0.25) is 5.02 Å².